The van der Waals surface area contributed by atoms with Crippen LogP contribution in [0.25, 0.3) is 0 Å². The Morgan fingerprint density at radius 2 is 2.28 bits per heavy atom. The Bertz CT molecular complexity index is 553. The van der Waals surface area contributed by atoms with Crippen LogP contribution in [0.4, 0.5) is 0 Å². The van der Waals surface area contributed by atoms with Crippen molar-refractivity contribution in [2.24, 2.45) is 7.05 Å². The summed E-state index contributed by atoms with van der Waals surface area (Å²) in [5, 5.41) is 16.3. The first-order chi connectivity index (χ1) is 8.81. The van der Waals surface area contributed by atoms with Crippen LogP contribution in [-0.4, -0.2) is 21.3 Å². The van der Waals surface area contributed by atoms with E-state index in [-0.39, 0.29) is 0 Å². The smallest absolute Gasteiger partial charge is 0.144 e. The van der Waals surface area contributed by atoms with Crippen molar-refractivity contribution in [2.45, 2.75) is 13.0 Å². The number of rotatable bonds is 5. The molecule has 0 aliphatic carbocycles. The molecule has 2 rings (SSSR count). The quantitative estimate of drug-likeness (QED) is 0.794. The highest BCUT2D eigenvalue weighted by atomic mass is 15.3. The average Bonchev–Trinajstić information content (AvgIpc) is 2.81. The van der Waals surface area contributed by atoms with Crippen molar-refractivity contribution in [3.8, 4) is 6.07 Å². The highest BCUT2D eigenvalue weighted by molar-refractivity contribution is 5.30. The van der Waals surface area contributed by atoms with Crippen LogP contribution in [0, 0.1) is 11.3 Å². The summed E-state index contributed by atoms with van der Waals surface area (Å²) in [4.78, 5) is 4.02. The van der Waals surface area contributed by atoms with Gasteiger partial charge in [-0.05, 0) is 12.1 Å². The second-order valence-corrected chi connectivity index (χ2v) is 4.00. The zero-order valence-electron chi connectivity index (χ0n) is 10.3. The number of nitrogens with one attached hydrogen (secondary N) is 1. The minimum atomic E-state index is 0.491. The highest BCUT2D eigenvalue weighted by Crippen LogP contribution is 2.03. The molecule has 0 radical (unpaired) electrons. The molecule has 5 nitrogen and oxygen atoms in total. The van der Waals surface area contributed by atoms with Crippen LogP contribution in [0.3, 0.4) is 0 Å². The third-order valence-corrected chi connectivity index (χ3v) is 2.79. The summed E-state index contributed by atoms with van der Waals surface area (Å²) in [5.74, 6) is 0. The lowest BCUT2D eigenvalue weighted by atomic mass is 10.2. The van der Waals surface area contributed by atoms with E-state index in [0.29, 0.717) is 12.2 Å². The Balaban J connectivity index is 1.82. The maximum atomic E-state index is 8.91. The number of aryl methyl sites for hydroxylation is 1. The van der Waals surface area contributed by atoms with Crippen LogP contribution < -0.4 is 5.32 Å². The Morgan fingerprint density at radius 1 is 1.39 bits per heavy atom. The van der Waals surface area contributed by atoms with Gasteiger partial charge in [-0.15, -0.1) is 0 Å². The molecule has 0 atom stereocenters. The minimum Gasteiger partial charge on any atom is -0.312 e. The molecule has 5 heteroatoms. The number of aromatic nitrogens is 3. The fraction of sp³-hybridized carbons (Fsp3) is 0.308. The molecule has 92 valence electrons. The standard InChI is InChI=1S/C13H15N5/c1-18-12(5-8-17-18)4-7-15-10-11-3-2-6-16-13(11)9-14/h2-3,5-6,8,15H,4,7,10H2,1H3. The molecule has 2 heterocycles. The summed E-state index contributed by atoms with van der Waals surface area (Å²) in [6.07, 6.45) is 4.35. The molecule has 0 aliphatic heterocycles. The van der Waals surface area contributed by atoms with Gasteiger partial charge < -0.3 is 5.32 Å². The largest absolute Gasteiger partial charge is 0.312 e. The number of nitrogens with zero attached hydrogens (tertiary/aromatic N) is 4. The van der Waals surface area contributed by atoms with Gasteiger partial charge in [0.1, 0.15) is 11.8 Å². The van der Waals surface area contributed by atoms with Crippen molar-refractivity contribution < 1.29 is 0 Å². The van der Waals surface area contributed by atoms with E-state index >= 15 is 0 Å². The number of nitriles is 1. The molecule has 18 heavy (non-hydrogen) atoms. The molecule has 0 unspecified atom stereocenters. The van der Waals surface area contributed by atoms with Crippen LogP contribution in [0.2, 0.25) is 0 Å². The van der Waals surface area contributed by atoms with Gasteiger partial charge >= 0.3 is 0 Å². The minimum absolute atomic E-state index is 0.491. The van der Waals surface area contributed by atoms with Gasteiger partial charge in [-0.1, -0.05) is 6.07 Å². The maximum Gasteiger partial charge on any atom is 0.144 e. The van der Waals surface area contributed by atoms with Crippen molar-refractivity contribution >= 4 is 0 Å². The Morgan fingerprint density at radius 3 is 3.00 bits per heavy atom. The first-order valence-electron chi connectivity index (χ1n) is 5.83. The van der Waals surface area contributed by atoms with Crippen molar-refractivity contribution in [2.75, 3.05) is 6.54 Å². The maximum absolute atomic E-state index is 8.91. The molecular weight excluding hydrogens is 226 g/mol. The number of hydrogen-bond donors (Lipinski definition) is 1. The van der Waals surface area contributed by atoms with E-state index < -0.39 is 0 Å². The molecule has 0 aromatic carbocycles. The number of pyridine rings is 1. The van der Waals surface area contributed by atoms with Crippen LogP contribution in [-0.2, 0) is 20.0 Å². The fourth-order valence-corrected chi connectivity index (χ4v) is 1.77. The van der Waals surface area contributed by atoms with E-state index in [0.717, 1.165) is 18.5 Å². The second kappa shape index (κ2) is 5.94. The van der Waals surface area contributed by atoms with Crippen molar-refractivity contribution in [1.29, 1.82) is 5.26 Å². The Hall–Kier alpha value is -2.19. The molecule has 0 amide bonds. The van der Waals surface area contributed by atoms with Crippen LogP contribution in [0.5, 0.6) is 0 Å². The fourth-order valence-electron chi connectivity index (χ4n) is 1.77. The molecule has 2 aromatic heterocycles. The summed E-state index contributed by atoms with van der Waals surface area (Å²) in [6.45, 7) is 1.51. The van der Waals surface area contributed by atoms with Crippen LogP contribution in [0.1, 0.15) is 17.0 Å². The van der Waals surface area contributed by atoms with Crippen LogP contribution in [0.15, 0.2) is 30.6 Å². The van der Waals surface area contributed by atoms with Gasteiger partial charge in [-0.3, -0.25) is 4.68 Å². The zero-order valence-corrected chi connectivity index (χ0v) is 10.3. The summed E-state index contributed by atoms with van der Waals surface area (Å²) < 4.78 is 1.87. The van der Waals surface area contributed by atoms with Gasteiger partial charge in [-0.2, -0.15) is 10.4 Å². The predicted octanol–water partition coefficient (Wildman–Crippen LogP) is 1.02. The summed E-state index contributed by atoms with van der Waals surface area (Å²) >= 11 is 0. The summed E-state index contributed by atoms with van der Waals surface area (Å²) in [7, 11) is 1.93. The SMILES string of the molecule is Cn1nccc1CCNCc1cccnc1C#N. The Labute approximate surface area is 106 Å². The molecule has 0 aliphatic rings. The third-order valence-electron chi connectivity index (χ3n) is 2.79. The van der Waals surface area contributed by atoms with E-state index in [1.807, 2.05) is 29.9 Å². The first kappa shape index (κ1) is 12.3. The van der Waals surface area contributed by atoms with Crippen molar-refractivity contribution in [3.05, 3.63) is 47.5 Å². The van der Waals surface area contributed by atoms with Gasteiger partial charge in [0.2, 0.25) is 0 Å². The molecule has 1 N–H and O–H groups in total. The monoisotopic (exact) mass is 241 g/mol. The summed E-state index contributed by atoms with van der Waals surface area (Å²) in [5.41, 5.74) is 2.62. The molecule has 0 saturated carbocycles. The zero-order chi connectivity index (χ0) is 12.8. The third kappa shape index (κ3) is 2.93. The topological polar surface area (TPSA) is 66.5 Å². The Kier molecular flexibility index (Phi) is 4.05. The van der Waals surface area contributed by atoms with E-state index in [1.54, 1.807) is 12.4 Å². The lowest BCUT2D eigenvalue weighted by Gasteiger charge is -2.06. The van der Waals surface area contributed by atoms with Crippen LogP contribution >= 0.6 is 0 Å². The summed E-state index contributed by atoms with van der Waals surface area (Å²) in [6, 6.07) is 7.87. The molecule has 0 saturated heterocycles. The van der Waals surface area contributed by atoms with Gasteiger partial charge in [-0.25, -0.2) is 4.98 Å². The highest BCUT2D eigenvalue weighted by Gasteiger charge is 2.02. The van der Waals surface area contributed by atoms with Gasteiger partial charge in [0, 0.05) is 50.2 Å². The van der Waals surface area contributed by atoms with Crippen molar-refractivity contribution in [3.63, 3.8) is 0 Å². The van der Waals surface area contributed by atoms with E-state index in [2.05, 4.69) is 21.5 Å². The van der Waals surface area contributed by atoms with E-state index in [9.17, 15) is 0 Å². The van der Waals surface area contributed by atoms with E-state index in [4.69, 9.17) is 5.26 Å². The normalized spacial score (nSPS) is 10.2. The average molecular weight is 241 g/mol. The molecule has 0 bridgehead atoms. The van der Waals surface area contributed by atoms with Gasteiger partial charge in [0.15, 0.2) is 0 Å². The first-order valence-corrected chi connectivity index (χ1v) is 5.83. The van der Waals surface area contributed by atoms with E-state index in [1.165, 1.54) is 5.69 Å². The second-order valence-electron chi connectivity index (χ2n) is 4.00. The molecule has 0 spiro atoms. The lowest BCUT2D eigenvalue weighted by Crippen LogP contribution is -2.18. The van der Waals surface area contributed by atoms with Gasteiger partial charge in [0.05, 0.1) is 0 Å². The molecular formula is C13H15N5. The predicted molar refractivity (Wildman–Crippen MR) is 67.6 cm³/mol. The number of hydrogen-bond acceptors (Lipinski definition) is 4. The lowest BCUT2D eigenvalue weighted by molar-refractivity contribution is 0.641. The molecule has 0 fully saturated rings. The van der Waals surface area contributed by atoms with Gasteiger partial charge in [0.25, 0.3) is 0 Å². The van der Waals surface area contributed by atoms with Crippen molar-refractivity contribution in [1.82, 2.24) is 20.1 Å². The molecule has 2 aromatic rings.